The van der Waals surface area contributed by atoms with Gasteiger partial charge in [-0.3, -0.25) is 24.0 Å². The second-order valence-corrected chi connectivity index (χ2v) is 14.9. The van der Waals surface area contributed by atoms with E-state index in [1.807, 2.05) is 62.4 Å². The van der Waals surface area contributed by atoms with Crippen molar-refractivity contribution in [1.29, 1.82) is 1.28 Å². The van der Waals surface area contributed by atoms with E-state index in [4.69, 9.17) is 11.7 Å². The van der Waals surface area contributed by atoms with Crippen LogP contribution >= 0.6 is 9.18 Å². The number of urea groups is 1. The van der Waals surface area contributed by atoms with Crippen LogP contribution in [-0.4, -0.2) is 79.8 Å². The Hall–Kier alpha value is -5.86. The number of nitrogens with zero attached hydrogens (tertiary/aromatic N) is 2. The number of hydrogen-bond acceptors (Lipinski definition) is 8. The predicted octanol–water partition coefficient (Wildman–Crippen LogP) is 4.70. The highest BCUT2D eigenvalue weighted by atomic mass is 31.0. The number of primary amides is 1. The lowest BCUT2D eigenvalue weighted by Gasteiger charge is -2.26. The molecule has 0 saturated heterocycles. The van der Waals surface area contributed by atoms with Gasteiger partial charge in [0.2, 0.25) is 11.8 Å². The monoisotopic (exact) mass is 810 g/mol. The molecule has 0 spiro atoms. The molecule has 3 aromatic rings. The summed E-state index contributed by atoms with van der Waals surface area (Å²) in [6.07, 6.45) is -0.324. The highest BCUT2D eigenvalue weighted by Gasteiger charge is 2.30. The Kier molecular flexibility index (Phi) is 16.5. The van der Waals surface area contributed by atoms with Crippen molar-refractivity contribution in [1.82, 2.24) is 15.5 Å². The number of nitrogens with two attached hydrogens (primary N) is 1. The third-order valence-corrected chi connectivity index (χ3v) is 10.1. The molecule has 306 valence electrons. The first-order chi connectivity index (χ1) is 28.2. The Labute approximate surface area is 343 Å². The summed E-state index contributed by atoms with van der Waals surface area (Å²) in [6.45, 7) is 3.93. The molecule has 3 atom stereocenters. The SMILES string of the molecule is [2H]PCC(=O)CN(C)C(=O)OCc1ccc(CC(=O)[C@H](CCCNC(N)=O)NC(=O)[C@@H](CC(=O)CCC(=O)N2Cc3ccccc3C#Cc3ccccc32)C(C)C)cc1. The van der Waals surface area contributed by atoms with Crippen LogP contribution in [0.3, 0.4) is 0 Å². The molecule has 1 aliphatic heterocycles. The van der Waals surface area contributed by atoms with Crippen LogP contribution in [0.2, 0.25) is 0 Å². The maximum atomic E-state index is 13.8. The number of ketones is 3. The number of fused-ring (bicyclic) bond motifs is 2. The number of nitrogens with one attached hydrogen (secondary N) is 2. The molecule has 13 nitrogen and oxygen atoms in total. The zero-order chi connectivity index (χ0) is 42.9. The number of amides is 5. The van der Waals surface area contributed by atoms with Gasteiger partial charge in [-0.15, -0.1) is 9.18 Å². The molecular formula is C44H52N5O8P. The molecule has 0 saturated carbocycles. The number of rotatable bonds is 21. The van der Waals surface area contributed by atoms with Crippen LogP contribution in [0, 0.1) is 23.7 Å². The molecule has 14 heteroatoms. The van der Waals surface area contributed by atoms with Gasteiger partial charge in [0.15, 0.2) is 11.6 Å². The van der Waals surface area contributed by atoms with E-state index in [-0.39, 0.29) is 96.3 Å². The molecule has 0 radical (unpaired) electrons. The molecule has 5 amide bonds. The molecule has 1 unspecified atom stereocenters. The number of carbonyl (C=O) groups excluding carboxylic acids is 7. The number of carbonyl (C=O) groups is 7. The van der Waals surface area contributed by atoms with Crippen LogP contribution in [0.1, 0.15) is 73.8 Å². The van der Waals surface area contributed by atoms with Gasteiger partial charge in [-0.2, -0.15) is 0 Å². The molecular weight excluding hydrogens is 757 g/mol. The number of ether oxygens (including phenoxy) is 1. The minimum Gasteiger partial charge on any atom is -0.445 e. The first-order valence-electron chi connectivity index (χ1n) is 19.7. The zero-order valence-corrected chi connectivity index (χ0v) is 34.2. The standard InChI is InChI=1S/C44H52N5O8P/c1-29(2)37(24-35(50)20-21-41(53)49-25-34-11-5-4-9-32(34)18-19-33-10-6-7-13-39(33)49)42(54)47-38(12-8-22-46-43(45)55)40(52)23-30-14-16-31(17-15-30)27-57-44(56)48(3)26-36(51)28-58/h4-7,9-11,13-17,29,37-38H,8,12,20-28,58H2,1-3H3,(H,47,54)(H3,45,46,55)/t37-,38-/m0/s1/i58D/t37-,38-,58?. The van der Waals surface area contributed by atoms with E-state index in [9.17, 15) is 33.6 Å². The average molecular weight is 811 g/mol. The van der Waals surface area contributed by atoms with Crippen molar-refractivity contribution in [3.63, 3.8) is 0 Å². The normalized spacial score (nSPS) is 13.0. The summed E-state index contributed by atoms with van der Waals surface area (Å²) >= 11 is 0. The van der Waals surface area contributed by atoms with Crippen molar-refractivity contribution >= 4 is 56.2 Å². The lowest BCUT2D eigenvalue weighted by atomic mass is 9.88. The largest absolute Gasteiger partial charge is 0.445 e. The second kappa shape index (κ2) is 22.2. The second-order valence-electron chi connectivity index (χ2n) is 14.6. The van der Waals surface area contributed by atoms with Gasteiger partial charge in [-0.1, -0.05) is 80.3 Å². The van der Waals surface area contributed by atoms with E-state index in [1.165, 1.54) is 7.05 Å². The number of para-hydroxylation sites is 1. The Morgan fingerprint density at radius 2 is 1.59 bits per heavy atom. The van der Waals surface area contributed by atoms with Crippen molar-refractivity contribution in [2.24, 2.45) is 17.6 Å². The fraction of sp³-hybridized carbons (Fsp3) is 0.386. The molecule has 4 N–H and O–H groups in total. The van der Waals surface area contributed by atoms with Gasteiger partial charge in [0.25, 0.3) is 0 Å². The fourth-order valence-electron chi connectivity index (χ4n) is 6.40. The van der Waals surface area contributed by atoms with Crippen LogP contribution in [0.15, 0.2) is 72.8 Å². The molecule has 4 rings (SSSR count). The minimum atomic E-state index is -0.928. The van der Waals surface area contributed by atoms with Gasteiger partial charge < -0.3 is 30.9 Å². The van der Waals surface area contributed by atoms with E-state index >= 15 is 0 Å². The third kappa shape index (κ3) is 13.7. The van der Waals surface area contributed by atoms with Crippen LogP contribution < -0.4 is 21.3 Å². The molecule has 58 heavy (non-hydrogen) atoms. The molecule has 0 aromatic heterocycles. The Morgan fingerprint density at radius 1 is 0.914 bits per heavy atom. The van der Waals surface area contributed by atoms with Crippen molar-refractivity contribution in [3.05, 3.63) is 101 Å². The summed E-state index contributed by atoms with van der Waals surface area (Å²) in [5, 5.41) is 5.36. The number of hydrogen-bond donors (Lipinski definition) is 3. The minimum absolute atomic E-state index is 0.0289. The summed E-state index contributed by atoms with van der Waals surface area (Å²) in [5.41, 5.74) is 9.61. The molecule has 0 bridgehead atoms. The van der Waals surface area contributed by atoms with Crippen molar-refractivity contribution in [2.75, 3.05) is 31.2 Å². The Morgan fingerprint density at radius 3 is 2.29 bits per heavy atom. The van der Waals surface area contributed by atoms with Crippen molar-refractivity contribution < 1.29 is 38.3 Å². The topological polar surface area (TPSA) is 185 Å². The summed E-state index contributed by atoms with van der Waals surface area (Å²) in [6, 6.07) is 20.2. The average Bonchev–Trinajstić information content (AvgIpc) is 3.20. The fourth-order valence-corrected chi connectivity index (χ4v) is 6.51. The van der Waals surface area contributed by atoms with E-state index in [0.29, 0.717) is 35.3 Å². The molecule has 0 aliphatic carbocycles. The highest BCUT2D eigenvalue weighted by molar-refractivity contribution is 7.18. The number of Topliss-reactive ketones (excluding diaryl/α,β-unsaturated/α-hetero) is 3. The Balaban J connectivity index is 1.36. The lowest BCUT2D eigenvalue weighted by molar-refractivity contribution is -0.134. The molecule has 3 aromatic carbocycles. The maximum Gasteiger partial charge on any atom is 0.410 e. The van der Waals surface area contributed by atoms with Gasteiger partial charge in [0.1, 0.15) is 12.4 Å². The first-order valence-corrected chi connectivity index (χ1v) is 20.0. The van der Waals surface area contributed by atoms with Crippen molar-refractivity contribution in [2.45, 2.75) is 71.6 Å². The van der Waals surface area contributed by atoms with E-state index in [1.54, 1.807) is 29.2 Å². The van der Waals surface area contributed by atoms with Gasteiger partial charge in [-0.05, 0) is 53.6 Å². The number of benzene rings is 3. The third-order valence-electron chi connectivity index (χ3n) is 9.74. The number of likely N-dealkylation sites (N-methyl/N-ethyl adjacent to an activating group) is 1. The summed E-state index contributed by atoms with van der Waals surface area (Å²) in [7, 11) is 1.16. The van der Waals surface area contributed by atoms with Crippen LogP contribution in [0.5, 0.6) is 0 Å². The van der Waals surface area contributed by atoms with Crippen LogP contribution in [-0.2, 0) is 48.3 Å². The summed E-state index contributed by atoms with van der Waals surface area (Å²) < 4.78 is 12.5. The maximum absolute atomic E-state index is 13.8. The Bertz CT molecular complexity index is 2070. The summed E-state index contributed by atoms with van der Waals surface area (Å²) in [4.78, 5) is 92.7. The lowest BCUT2D eigenvalue weighted by Crippen LogP contribution is -2.46. The first kappa shape index (κ1) is 43.3. The van der Waals surface area contributed by atoms with Crippen molar-refractivity contribution in [3.8, 4) is 11.8 Å². The number of anilines is 1. The van der Waals surface area contributed by atoms with Gasteiger partial charge in [-0.25, -0.2) is 9.59 Å². The van der Waals surface area contributed by atoms with E-state index in [2.05, 4.69) is 22.5 Å². The van der Waals surface area contributed by atoms with Gasteiger partial charge >= 0.3 is 12.1 Å². The van der Waals surface area contributed by atoms with Crippen LogP contribution in [0.25, 0.3) is 0 Å². The van der Waals surface area contributed by atoms with E-state index < -0.39 is 30.0 Å². The zero-order valence-electron chi connectivity index (χ0n) is 34.2. The molecule has 1 aliphatic rings. The van der Waals surface area contributed by atoms with Crippen LogP contribution in [0.4, 0.5) is 15.3 Å². The highest BCUT2D eigenvalue weighted by Crippen LogP contribution is 2.27. The predicted molar refractivity (Wildman–Crippen MR) is 224 cm³/mol. The summed E-state index contributed by atoms with van der Waals surface area (Å²) in [5.74, 6) is 3.88. The smallest absolute Gasteiger partial charge is 0.410 e. The molecule has 1 heterocycles. The quantitative estimate of drug-likeness (QED) is 0.0786. The van der Waals surface area contributed by atoms with Gasteiger partial charge in [0, 0.05) is 62.5 Å². The van der Waals surface area contributed by atoms with Gasteiger partial charge in [0.05, 0.1) is 26.1 Å². The molecule has 0 fully saturated rings. The van der Waals surface area contributed by atoms with E-state index in [0.717, 1.165) is 16.0 Å².